The lowest BCUT2D eigenvalue weighted by molar-refractivity contribution is 0.613. The molecule has 2 atom stereocenters. The second-order valence-electron chi connectivity index (χ2n) is 5.53. The van der Waals surface area contributed by atoms with Gasteiger partial charge < -0.3 is 9.73 Å². The maximum atomic E-state index is 5.73. The Morgan fingerprint density at radius 2 is 2.29 bits per heavy atom. The number of fused-ring (bicyclic) bond motifs is 1. The fourth-order valence-electron chi connectivity index (χ4n) is 2.70. The number of oxazole rings is 1. The van der Waals surface area contributed by atoms with Crippen LogP contribution >= 0.6 is 15.9 Å². The topological polar surface area (TPSA) is 55.9 Å². The number of hydrogen-bond acceptors (Lipinski definition) is 4. The van der Waals surface area contributed by atoms with Crippen molar-refractivity contribution in [2.24, 2.45) is 7.05 Å². The van der Waals surface area contributed by atoms with Crippen molar-refractivity contribution in [1.82, 2.24) is 14.8 Å². The van der Waals surface area contributed by atoms with Gasteiger partial charge in [0.15, 0.2) is 5.58 Å². The van der Waals surface area contributed by atoms with E-state index in [0.29, 0.717) is 18.0 Å². The maximum Gasteiger partial charge on any atom is 0.295 e. The summed E-state index contributed by atoms with van der Waals surface area (Å²) in [5.74, 6) is 0.500. The second kappa shape index (κ2) is 4.59. The molecule has 0 radical (unpaired) electrons. The lowest BCUT2D eigenvalue weighted by Gasteiger charge is -2.01. The van der Waals surface area contributed by atoms with Crippen molar-refractivity contribution in [2.45, 2.75) is 25.3 Å². The van der Waals surface area contributed by atoms with E-state index in [9.17, 15) is 0 Å². The molecule has 6 heteroatoms. The minimum Gasteiger partial charge on any atom is -0.424 e. The Balaban J connectivity index is 1.53. The third-order valence-corrected chi connectivity index (χ3v) is 4.61. The van der Waals surface area contributed by atoms with E-state index < -0.39 is 0 Å². The zero-order valence-electron chi connectivity index (χ0n) is 11.8. The summed E-state index contributed by atoms with van der Waals surface area (Å²) in [4.78, 5) is 4.48. The van der Waals surface area contributed by atoms with Crippen molar-refractivity contribution in [1.29, 1.82) is 0 Å². The molecular weight excluding hydrogens is 332 g/mol. The standard InChI is InChI=1S/C15H15BrN4O/c1-8-11(7-17-20(8)2)10-6-12(10)18-15-19-13-5-9(16)3-4-14(13)21-15/h3-5,7,10,12H,6H2,1-2H3,(H,18,19)/t10-,12+/m0/s1. The summed E-state index contributed by atoms with van der Waals surface area (Å²) in [6.07, 6.45) is 3.06. The number of aromatic nitrogens is 3. The molecule has 0 spiro atoms. The maximum absolute atomic E-state index is 5.73. The molecule has 0 unspecified atom stereocenters. The molecule has 0 saturated heterocycles. The van der Waals surface area contributed by atoms with Crippen molar-refractivity contribution >= 4 is 33.0 Å². The van der Waals surface area contributed by atoms with Crippen LogP contribution in [0.25, 0.3) is 11.1 Å². The molecule has 1 saturated carbocycles. The fraction of sp³-hybridized carbons (Fsp3) is 0.333. The Bertz CT molecular complexity index is 822. The van der Waals surface area contributed by atoms with Gasteiger partial charge in [-0.15, -0.1) is 0 Å². The first-order chi connectivity index (χ1) is 10.1. The van der Waals surface area contributed by atoms with Crippen LogP contribution in [-0.2, 0) is 7.05 Å². The summed E-state index contributed by atoms with van der Waals surface area (Å²) in [6.45, 7) is 2.11. The molecular formula is C15H15BrN4O. The normalized spacial score (nSPS) is 20.9. The zero-order valence-corrected chi connectivity index (χ0v) is 13.4. The van der Waals surface area contributed by atoms with Crippen LogP contribution in [0.5, 0.6) is 0 Å². The first kappa shape index (κ1) is 12.9. The number of halogens is 1. The SMILES string of the molecule is Cc1c([C@@H]2C[C@H]2Nc2nc3cc(Br)ccc3o2)cnn1C. The van der Waals surface area contributed by atoms with Gasteiger partial charge in [-0.3, -0.25) is 4.68 Å². The number of nitrogens with one attached hydrogen (secondary N) is 1. The van der Waals surface area contributed by atoms with E-state index in [0.717, 1.165) is 22.0 Å². The summed E-state index contributed by atoms with van der Waals surface area (Å²) in [5, 5.41) is 7.69. The van der Waals surface area contributed by atoms with E-state index in [4.69, 9.17) is 4.42 Å². The van der Waals surface area contributed by atoms with Crippen LogP contribution in [0, 0.1) is 6.92 Å². The quantitative estimate of drug-likeness (QED) is 0.787. The van der Waals surface area contributed by atoms with Crippen molar-refractivity contribution < 1.29 is 4.42 Å². The summed E-state index contributed by atoms with van der Waals surface area (Å²) in [7, 11) is 1.97. The molecule has 21 heavy (non-hydrogen) atoms. The van der Waals surface area contributed by atoms with Gasteiger partial charge in [0.2, 0.25) is 0 Å². The highest BCUT2D eigenvalue weighted by atomic mass is 79.9. The number of hydrogen-bond donors (Lipinski definition) is 1. The van der Waals surface area contributed by atoms with E-state index in [1.165, 1.54) is 11.3 Å². The van der Waals surface area contributed by atoms with Crippen molar-refractivity contribution in [2.75, 3.05) is 5.32 Å². The number of benzene rings is 1. The summed E-state index contributed by atoms with van der Waals surface area (Å²) < 4.78 is 8.65. The second-order valence-corrected chi connectivity index (χ2v) is 6.45. The van der Waals surface area contributed by atoms with Gasteiger partial charge >= 0.3 is 0 Å². The van der Waals surface area contributed by atoms with Gasteiger partial charge in [-0.05, 0) is 37.1 Å². The minimum atomic E-state index is 0.379. The summed E-state index contributed by atoms with van der Waals surface area (Å²) in [6, 6.07) is 6.81. The van der Waals surface area contributed by atoms with Gasteiger partial charge in [0.25, 0.3) is 6.01 Å². The van der Waals surface area contributed by atoms with E-state index in [2.05, 4.69) is 38.3 Å². The van der Waals surface area contributed by atoms with E-state index in [-0.39, 0.29) is 0 Å². The monoisotopic (exact) mass is 346 g/mol. The fourth-order valence-corrected chi connectivity index (χ4v) is 3.05. The van der Waals surface area contributed by atoms with Gasteiger partial charge in [0, 0.05) is 29.2 Å². The third kappa shape index (κ3) is 2.23. The lowest BCUT2D eigenvalue weighted by atomic mass is 10.1. The van der Waals surface area contributed by atoms with Crippen LogP contribution in [-0.4, -0.2) is 20.8 Å². The minimum absolute atomic E-state index is 0.379. The molecule has 108 valence electrons. The van der Waals surface area contributed by atoms with Crippen molar-refractivity contribution in [3.05, 3.63) is 40.1 Å². The van der Waals surface area contributed by atoms with Gasteiger partial charge in [-0.1, -0.05) is 15.9 Å². The summed E-state index contributed by atoms with van der Waals surface area (Å²) >= 11 is 3.44. The average Bonchev–Trinajstić information content (AvgIpc) is 2.95. The van der Waals surface area contributed by atoms with Gasteiger partial charge in [0.1, 0.15) is 5.52 Å². The van der Waals surface area contributed by atoms with E-state index in [1.54, 1.807) is 0 Å². The molecule has 1 fully saturated rings. The molecule has 1 aliphatic carbocycles. The molecule has 4 rings (SSSR count). The smallest absolute Gasteiger partial charge is 0.295 e. The van der Waals surface area contributed by atoms with Gasteiger partial charge in [-0.2, -0.15) is 10.1 Å². The highest BCUT2D eigenvalue weighted by Gasteiger charge is 2.41. The predicted octanol–water partition coefficient (Wildman–Crippen LogP) is 3.60. The van der Waals surface area contributed by atoms with Crippen molar-refractivity contribution in [3.8, 4) is 0 Å². The number of nitrogens with zero attached hydrogens (tertiary/aromatic N) is 3. The van der Waals surface area contributed by atoms with Crippen LogP contribution in [0.15, 0.2) is 33.3 Å². The Morgan fingerprint density at radius 3 is 3.05 bits per heavy atom. The first-order valence-electron chi connectivity index (χ1n) is 6.93. The van der Waals surface area contributed by atoms with Crippen molar-refractivity contribution in [3.63, 3.8) is 0 Å². The average molecular weight is 347 g/mol. The predicted molar refractivity (Wildman–Crippen MR) is 84.4 cm³/mol. The molecule has 5 nitrogen and oxygen atoms in total. The van der Waals surface area contributed by atoms with Gasteiger partial charge in [0.05, 0.1) is 6.20 Å². The Hall–Kier alpha value is -1.82. The summed E-state index contributed by atoms with van der Waals surface area (Å²) in [5.41, 5.74) is 4.21. The van der Waals surface area contributed by atoms with E-state index >= 15 is 0 Å². The molecule has 3 aromatic rings. The zero-order chi connectivity index (χ0) is 14.6. The Labute approximate surface area is 130 Å². The third-order valence-electron chi connectivity index (χ3n) is 4.12. The number of anilines is 1. The number of rotatable bonds is 3. The molecule has 1 aromatic carbocycles. The molecule has 0 amide bonds. The van der Waals surface area contributed by atoms with Crippen LogP contribution < -0.4 is 5.32 Å². The lowest BCUT2D eigenvalue weighted by Crippen LogP contribution is -2.04. The Kier molecular flexibility index (Phi) is 2.82. The van der Waals surface area contributed by atoms with Gasteiger partial charge in [-0.25, -0.2) is 0 Å². The largest absolute Gasteiger partial charge is 0.424 e. The molecule has 1 aliphatic rings. The van der Waals surface area contributed by atoms with Crippen LogP contribution in [0.1, 0.15) is 23.6 Å². The first-order valence-corrected chi connectivity index (χ1v) is 7.72. The molecule has 0 bridgehead atoms. The highest BCUT2D eigenvalue weighted by molar-refractivity contribution is 9.10. The van der Waals surface area contributed by atoms with Crippen LogP contribution in [0.3, 0.4) is 0 Å². The highest BCUT2D eigenvalue weighted by Crippen LogP contribution is 2.44. The van der Waals surface area contributed by atoms with Crippen LogP contribution in [0.2, 0.25) is 0 Å². The molecule has 0 aliphatic heterocycles. The van der Waals surface area contributed by atoms with E-state index in [1.807, 2.05) is 36.1 Å². The van der Waals surface area contributed by atoms with Crippen LogP contribution in [0.4, 0.5) is 6.01 Å². The molecule has 2 heterocycles. The number of aryl methyl sites for hydroxylation is 1. The molecule has 2 aromatic heterocycles. The molecule has 1 N–H and O–H groups in total. The Morgan fingerprint density at radius 1 is 1.43 bits per heavy atom.